The van der Waals surface area contributed by atoms with Crippen molar-refractivity contribution in [2.75, 3.05) is 36.0 Å². The van der Waals surface area contributed by atoms with Crippen molar-refractivity contribution in [3.05, 3.63) is 53.6 Å². The van der Waals surface area contributed by atoms with Gasteiger partial charge in [0.15, 0.2) is 11.4 Å². The SMILES string of the molecule is Cc1cccc(N2CCN(c3noc4ccccc34)CC2)c1C. The highest BCUT2D eigenvalue weighted by molar-refractivity contribution is 5.88. The molecule has 1 fully saturated rings. The molecule has 1 saturated heterocycles. The highest BCUT2D eigenvalue weighted by Gasteiger charge is 2.22. The van der Waals surface area contributed by atoms with Crippen molar-refractivity contribution in [1.29, 1.82) is 0 Å². The number of anilines is 2. The molecule has 3 aromatic rings. The molecular formula is C19H21N3O. The van der Waals surface area contributed by atoms with Crippen LogP contribution in [0.25, 0.3) is 11.0 Å². The van der Waals surface area contributed by atoms with Gasteiger partial charge in [0.05, 0.1) is 5.39 Å². The van der Waals surface area contributed by atoms with Crippen molar-refractivity contribution in [2.45, 2.75) is 13.8 Å². The number of rotatable bonds is 2. The second-order valence-corrected chi connectivity index (χ2v) is 6.20. The number of fused-ring (bicyclic) bond motifs is 1. The number of aromatic nitrogens is 1. The normalized spacial score (nSPS) is 15.4. The average molecular weight is 307 g/mol. The van der Waals surface area contributed by atoms with Crippen molar-refractivity contribution in [3.8, 4) is 0 Å². The molecule has 0 aliphatic carbocycles. The third kappa shape index (κ3) is 2.44. The maximum absolute atomic E-state index is 5.44. The molecule has 4 heteroatoms. The summed E-state index contributed by atoms with van der Waals surface area (Å²) >= 11 is 0. The molecule has 1 aromatic heterocycles. The van der Waals surface area contributed by atoms with Crippen molar-refractivity contribution in [1.82, 2.24) is 5.16 Å². The lowest BCUT2D eigenvalue weighted by Crippen LogP contribution is -2.47. The van der Waals surface area contributed by atoms with Gasteiger partial charge in [-0.05, 0) is 43.2 Å². The van der Waals surface area contributed by atoms with E-state index < -0.39 is 0 Å². The van der Waals surface area contributed by atoms with Gasteiger partial charge in [0, 0.05) is 31.9 Å². The summed E-state index contributed by atoms with van der Waals surface area (Å²) in [6, 6.07) is 14.6. The van der Waals surface area contributed by atoms with Gasteiger partial charge in [-0.15, -0.1) is 0 Å². The molecule has 0 spiro atoms. The molecule has 0 amide bonds. The molecule has 118 valence electrons. The summed E-state index contributed by atoms with van der Waals surface area (Å²) in [6.07, 6.45) is 0. The van der Waals surface area contributed by atoms with E-state index in [1.54, 1.807) is 0 Å². The van der Waals surface area contributed by atoms with Crippen LogP contribution < -0.4 is 9.80 Å². The van der Waals surface area contributed by atoms with E-state index in [0.717, 1.165) is 43.0 Å². The predicted octanol–water partition coefficient (Wildman–Crippen LogP) is 3.77. The smallest absolute Gasteiger partial charge is 0.180 e. The Balaban J connectivity index is 1.54. The van der Waals surface area contributed by atoms with Crippen LogP contribution in [0.5, 0.6) is 0 Å². The molecule has 0 bridgehead atoms. The van der Waals surface area contributed by atoms with E-state index in [1.807, 2.05) is 18.2 Å². The number of benzene rings is 2. The summed E-state index contributed by atoms with van der Waals surface area (Å²) < 4.78 is 5.44. The maximum atomic E-state index is 5.44. The fourth-order valence-corrected chi connectivity index (χ4v) is 3.34. The van der Waals surface area contributed by atoms with Crippen molar-refractivity contribution < 1.29 is 4.52 Å². The fraction of sp³-hybridized carbons (Fsp3) is 0.316. The molecule has 1 aliphatic heterocycles. The Bertz CT molecular complexity index is 832. The van der Waals surface area contributed by atoms with E-state index in [-0.39, 0.29) is 0 Å². The van der Waals surface area contributed by atoms with Crippen molar-refractivity contribution >= 4 is 22.5 Å². The van der Waals surface area contributed by atoms with Crippen molar-refractivity contribution in [3.63, 3.8) is 0 Å². The minimum Gasteiger partial charge on any atom is -0.368 e. The zero-order chi connectivity index (χ0) is 15.8. The first-order chi connectivity index (χ1) is 11.2. The van der Waals surface area contributed by atoms with Gasteiger partial charge in [0.1, 0.15) is 0 Å². The van der Waals surface area contributed by atoms with Crippen LogP contribution in [0.15, 0.2) is 47.0 Å². The number of para-hydroxylation sites is 1. The van der Waals surface area contributed by atoms with E-state index in [1.165, 1.54) is 16.8 Å². The third-order valence-electron chi connectivity index (χ3n) is 4.85. The molecule has 1 aliphatic rings. The first-order valence-electron chi connectivity index (χ1n) is 8.14. The molecule has 2 aromatic carbocycles. The number of hydrogen-bond donors (Lipinski definition) is 0. The molecule has 4 nitrogen and oxygen atoms in total. The molecule has 4 rings (SSSR count). The summed E-state index contributed by atoms with van der Waals surface area (Å²) in [6.45, 7) is 8.32. The van der Waals surface area contributed by atoms with Crippen molar-refractivity contribution in [2.24, 2.45) is 0 Å². The molecule has 23 heavy (non-hydrogen) atoms. The number of piperazine rings is 1. The van der Waals surface area contributed by atoms with Gasteiger partial charge in [-0.3, -0.25) is 0 Å². The molecule has 0 radical (unpaired) electrons. The lowest BCUT2D eigenvalue weighted by Gasteiger charge is -2.37. The molecule has 0 N–H and O–H groups in total. The van der Waals surface area contributed by atoms with Gasteiger partial charge in [-0.25, -0.2) is 0 Å². The lowest BCUT2D eigenvalue weighted by atomic mass is 10.1. The Kier molecular flexibility index (Phi) is 3.45. The van der Waals surface area contributed by atoms with Crippen LogP contribution in [0.2, 0.25) is 0 Å². The van der Waals surface area contributed by atoms with Crippen LogP contribution in [0.3, 0.4) is 0 Å². The largest absolute Gasteiger partial charge is 0.368 e. The quantitative estimate of drug-likeness (QED) is 0.721. The van der Waals surface area contributed by atoms with Gasteiger partial charge < -0.3 is 14.3 Å². The monoisotopic (exact) mass is 307 g/mol. The van der Waals surface area contributed by atoms with Crippen LogP contribution in [0.4, 0.5) is 11.5 Å². The van der Waals surface area contributed by atoms with Crippen LogP contribution in [-0.2, 0) is 0 Å². The Morgan fingerprint density at radius 2 is 1.61 bits per heavy atom. The van der Waals surface area contributed by atoms with E-state index >= 15 is 0 Å². The molecule has 2 heterocycles. The van der Waals surface area contributed by atoms with E-state index in [4.69, 9.17) is 4.52 Å². The fourth-order valence-electron chi connectivity index (χ4n) is 3.34. The zero-order valence-corrected chi connectivity index (χ0v) is 13.6. The molecule has 0 saturated carbocycles. The summed E-state index contributed by atoms with van der Waals surface area (Å²) in [4.78, 5) is 4.80. The third-order valence-corrected chi connectivity index (χ3v) is 4.85. The summed E-state index contributed by atoms with van der Waals surface area (Å²) in [7, 11) is 0. The van der Waals surface area contributed by atoms with Gasteiger partial charge >= 0.3 is 0 Å². The topological polar surface area (TPSA) is 32.5 Å². The Labute approximate surface area is 136 Å². The second-order valence-electron chi connectivity index (χ2n) is 6.20. The van der Waals surface area contributed by atoms with Crippen LogP contribution in [0.1, 0.15) is 11.1 Å². The number of aryl methyl sites for hydroxylation is 1. The minimum absolute atomic E-state index is 0.861. The molecular weight excluding hydrogens is 286 g/mol. The maximum Gasteiger partial charge on any atom is 0.180 e. The Hall–Kier alpha value is -2.49. The summed E-state index contributed by atoms with van der Waals surface area (Å²) in [5.74, 6) is 0.973. The van der Waals surface area contributed by atoms with Crippen LogP contribution in [0, 0.1) is 13.8 Å². The Morgan fingerprint density at radius 3 is 2.43 bits per heavy atom. The predicted molar refractivity (Wildman–Crippen MR) is 94.4 cm³/mol. The molecule has 0 unspecified atom stereocenters. The number of nitrogens with zero attached hydrogens (tertiary/aromatic N) is 3. The summed E-state index contributed by atoms with van der Waals surface area (Å²) in [5, 5.41) is 5.39. The van der Waals surface area contributed by atoms with E-state index in [2.05, 4.69) is 53.1 Å². The van der Waals surface area contributed by atoms with Gasteiger partial charge in [-0.1, -0.05) is 29.4 Å². The van der Waals surface area contributed by atoms with Crippen LogP contribution >= 0.6 is 0 Å². The summed E-state index contributed by atoms with van der Waals surface area (Å²) in [5.41, 5.74) is 4.95. The lowest BCUT2D eigenvalue weighted by molar-refractivity contribution is 0.453. The Morgan fingerprint density at radius 1 is 0.870 bits per heavy atom. The highest BCUT2D eigenvalue weighted by atomic mass is 16.5. The zero-order valence-electron chi connectivity index (χ0n) is 13.6. The van der Waals surface area contributed by atoms with Gasteiger partial charge in [0.2, 0.25) is 0 Å². The minimum atomic E-state index is 0.861. The number of hydrogen-bond acceptors (Lipinski definition) is 4. The van der Waals surface area contributed by atoms with Gasteiger partial charge in [-0.2, -0.15) is 0 Å². The van der Waals surface area contributed by atoms with E-state index in [0.29, 0.717) is 0 Å². The van der Waals surface area contributed by atoms with Gasteiger partial charge in [0.25, 0.3) is 0 Å². The first kappa shape index (κ1) is 14.1. The standard InChI is InChI=1S/C19H21N3O/c1-14-6-5-8-17(15(14)2)21-10-12-22(13-11-21)19-16-7-3-4-9-18(16)23-20-19/h3-9H,10-13H2,1-2H3. The second kappa shape index (κ2) is 5.61. The average Bonchev–Trinajstić information content (AvgIpc) is 3.02. The van der Waals surface area contributed by atoms with Crippen LogP contribution in [-0.4, -0.2) is 31.3 Å². The molecule has 0 atom stereocenters. The first-order valence-corrected chi connectivity index (χ1v) is 8.14. The highest BCUT2D eigenvalue weighted by Crippen LogP contribution is 2.28. The van der Waals surface area contributed by atoms with E-state index in [9.17, 15) is 0 Å².